The Morgan fingerprint density at radius 1 is 1.30 bits per heavy atom. The van der Waals surface area contributed by atoms with Gasteiger partial charge in [0.25, 0.3) is 11.5 Å². The molecule has 158 valence electrons. The number of rotatable bonds is 8. The molecule has 0 aliphatic carbocycles. The minimum atomic E-state index is -0.709. The lowest BCUT2D eigenvalue weighted by Crippen LogP contribution is -2.35. The number of aromatic hydroxyl groups is 1. The lowest BCUT2D eigenvalue weighted by molar-refractivity contribution is 0.0932. The molecule has 3 rings (SSSR count). The molecule has 0 saturated heterocycles. The fraction of sp³-hybridized carbons (Fsp3) is 0.286. The molecule has 0 spiro atoms. The molecular weight excluding hydrogens is 391 g/mol. The summed E-state index contributed by atoms with van der Waals surface area (Å²) >= 11 is 0. The first-order chi connectivity index (χ1) is 14.5. The minimum absolute atomic E-state index is 0.128. The van der Waals surface area contributed by atoms with Gasteiger partial charge in [-0.2, -0.15) is 0 Å². The molecule has 0 aliphatic rings. The molecule has 2 aromatic heterocycles. The predicted molar refractivity (Wildman–Crippen MR) is 110 cm³/mol. The van der Waals surface area contributed by atoms with Gasteiger partial charge in [0, 0.05) is 32.9 Å². The minimum Gasteiger partial charge on any atom is -0.505 e. The van der Waals surface area contributed by atoms with E-state index >= 15 is 0 Å². The molecule has 30 heavy (non-hydrogen) atoms. The van der Waals surface area contributed by atoms with E-state index in [0.717, 1.165) is 11.1 Å². The van der Waals surface area contributed by atoms with Crippen molar-refractivity contribution in [1.82, 2.24) is 14.9 Å². The Balaban J connectivity index is 2.07. The number of carbonyl (C=O) groups is 1. The summed E-state index contributed by atoms with van der Waals surface area (Å²) in [5.74, 6) is -1.51. The number of pyridine rings is 2. The van der Waals surface area contributed by atoms with Gasteiger partial charge in [0.15, 0.2) is 5.75 Å². The Morgan fingerprint density at radius 2 is 2.03 bits per heavy atom. The number of nitrogens with one attached hydrogen (secondary N) is 1. The Hall–Kier alpha value is -3.30. The van der Waals surface area contributed by atoms with E-state index in [1.807, 2.05) is 0 Å². The molecule has 9 heteroatoms. The van der Waals surface area contributed by atoms with Crippen molar-refractivity contribution >= 4 is 16.9 Å². The third kappa shape index (κ3) is 4.47. The van der Waals surface area contributed by atoms with E-state index in [9.17, 15) is 19.1 Å². The van der Waals surface area contributed by atoms with E-state index in [1.165, 1.54) is 23.8 Å². The highest BCUT2D eigenvalue weighted by atomic mass is 19.1. The van der Waals surface area contributed by atoms with Crippen LogP contribution < -0.4 is 16.6 Å². The highest BCUT2D eigenvalue weighted by molar-refractivity contribution is 6.01. The number of hydrogen-bond acceptors (Lipinski definition) is 6. The van der Waals surface area contributed by atoms with Gasteiger partial charge in [0.2, 0.25) is 0 Å². The van der Waals surface area contributed by atoms with Gasteiger partial charge < -0.3 is 25.5 Å². The molecule has 8 nitrogen and oxygen atoms in total. The number of ether oxygens (including phenoxy) is 1. The fourth-order valence-electron chi connectivity index (χ4n) is 3.19. The summed E-state index contributed by atoms with van der Waals surface area (Å²) in [7, 11) is 1.49. The second-order valence-corrected chi connectivity index (χ2v) is 6.73. The molecule has 1 amide bonds. The molecule has 0 aliphatic heterocycles. The number of benzene rings is 1. The molecule has 0 saturated carbocycles. The number of amides is 1. The molecule has 0 unspecified atom stereocenters. The Labute approximate surface area is 172 Å². The largest absolute Gasteiger partial charge is 0.505 e. The molecule has 0 atom stereocenters. The van der Waals surface area contributed by atoms with Crippen LogP contribution in [0.4, 0.5) is 4.39 Å². The third-order valence-corrected chi connectivity index (χ3v) is 4.63. The van der Waals surface area contributed by atoms with Crippen LogP contribution in [0.5, 0.6) is 5.75 Å². The van der Waals surface area contributed by atoms with Crippen molar-refractivity contribution in [2.75, 3.05) is 26.8 Å². The van der Waals surface area contributed by atoms with E-state index in [0.29, 0.717) is 11.9 Å². The second-order valence-electron chi connectivity index (χ2n) is 6.73. The molecule has 4 N–H and O–H groups in total. The van der Waals surface area contributed by atoms with Crippen molar-refractivity contribution < 1.29 is 19.0 Å². The second kappa shape index (κ2) is 9.47. The Bertz CT molecular complexity index is 1110. The van der Waals surface area contributed by atoms with Gasteiger partial charge in [0.1, 0.15) is 16.9 Å². The maximum absolute atomic E-state index is 13.1. The van der Waals surface area contributed by atoms with Crippen LogP contribution in [0.15, 0.2) is 41.3 Å². The normalized spacial score (nSPS) is 11.0. The molecule has 0 fully saturated rings. The van der Waals surface area contributed by atoms with Crippen LogP contribution in [0.3, 0.4) is 0 Å². The van der Waals surface area contributed by atoms with Crippen LogP contribution in [0.25, 0.3) is 11.0 Å². The highest BCUT2D eigenvalue weighted by Gasteiger charge is 2.23. The molecular formula is C21H23FN4O4. The molecule has 0 bridgehead atoms. The van der Waals surface area contributed by atoms with Crippen molar-refractivity contribution in [1.29, 1.82) is 0 Å². The summed E-state index contributed by atoms with van der Waals surface area (Å²) in [6.07, 6.45) is 2.01. The van der Waals surface area contributed by atoms with Gasteiger partial charge in [-0.1, -0.05) is 12.1 Å². The summed E-state index contributed by atoms with van der Waals surface area (Å²) < 4.78 is 19.3. The van der Waals surface area contributed by atoms with Gasteiger partial charge in [-0.25, -0.2) is 4.39 Å². The zero-order valence-corrected chi connectivity index (χ0v) is 16.5. The zero-order valence-electron chi connectivity index (χ0n) is 16.5. The first-order valence-corrected chi connectivity index (χ1v) is 9.42. The quantitative estimate of drug-likeness (QED) is 0.476. The first kappa shape index (κ1) is 21.4. The van der Waals surface area contributed by atoms with Crippen molar-refractivity contribution in [3.63, 3.8) is 0 Å². The van der Waals surface area contributed by atoms with Crippen LogP contribution in [0.1, 0.15) is 21.5 Å². The summed E-state index contributed by atoms with van der Waals surface area (Å²) in [5.41, 5.74) is 6.75. The monoisotopic (exact) mass is 414 g/mol. The fourth-order valence-corrected chi connectivity index (χ4v) is 3.19. The topological polar surface area (TPSA) is 119 Å². The van der Waals surface area contributed by atoms with Crippen LogP contribution in [-0.2, 0) is 17.7 Å². The van der Waals surface area contributed by atoms with E-state index in [-0.39, 0.29) is 43.1 Å². The van der Waals surface area contributed by atoms with E-state index in [2.05, 4.69) is 10.3 Å². The molecule has 1 aromatic carbocycles. The lowest BCUT2D eigenvalue weighted by Gasteiger charge is -2.15. The Morgan fingerprint density at radius 3 is 2.70 bits per heavy atom. The van der Waals surface area contributed by atoms with Crippen molar-refractivity contribution in [2.24, 2.45) is 5.73 Å². The zero-order chi connectivity index (χ0) is 21.7. The number of hydrogen-bond donors (Lipinski definition) is 3. The molecule has 0 radical (unpaired) electrons. The number of fused-ring (bicyclic) bond motifs is 1. The summed E-state index contributed by atoms with van der Waals surface area (Å²) in [5, 5.41) is 13.2. The summed E-state index contributed by atoms with van der Waals surface area (Å²) in [6.45, 7) is 0.762. The van der Waals surface area contributed by atoms with Gasteiger partial charge in [-0.15, -0.1) is 0 Å². The van der Waals surface area contributed by atoms with Crippen LogP contribution in [-0.4, -0.2) is 47.4 Å². The smallest absolute Gasteiger partial charge is 0.267 e. The summed E-state index contributed by atoms with van der Waals surface area (Å²) in [4.78, 5) is 29.7. The van der Waals surface area contributed by atoms with Crippen molar-refractivity contribution in [3.05, 3.63) is 69.4 Å². The van der Waals surface area contributed by atoms with Crippen molar-refractivity contribution in [3.8, 4) is 5.75 Å². The maximum atomic E-state index is 13.1. The number of aromatic nitrogens is 2. The van der Waals surface area contributed by atoms with Gasteiger partial charge in [0.05, 0.1) is 12.1 Å². The highest BCUT2D eigenvalue weighted by Crippen LogP contribution is 2.26. The van der Waals surface area contributed by atoms with E-state index < -0.39 is 17.2 Å². The average molecular weight is 414 g/mol. The van der Waals surface area contributed by atoms with Crippen LogP contribution in [0, 0.1) is 5.82 Å². The van der Waals surface area contributed by atoms with E-state index in [4.69, 9.17) is 10.5 Å². The van der Waals surface area contributed by atoms with Crippen LogP contribution in [0.2, 0.25) is 0 Å². The maximum Gasteiger partial charge on any atom is 0.267 e. The lowest BCUT2D eigenvalue weighted by atomic mass is 10.1. The summed E-state index contributed by atoms with van der Waals surface area (Å²) in [6, 6.07) is 7.78. The van der Waals surface area contributed by atoms with Crippen LogP contribution >= 0.6 is 0 Å². The predicted octanol–water partition coefficient (Wildman–Crippen LogP) is 1.17. The molecule has 3 aromatic rings. The molecule has 2 heterocycles. The van der Waals surface area contributed by atoms with Gasteiger partial charge in [-0.05, 0) is 35.7 Å². The standard InChI is InChI=1S/C21H23FN4O4/c1-30-9-7-24-20(28)17-19(27)18-16(26(8-6-23)21(17)29)11-14(12-25-18)10-13-2-4-15(22)5-3-13/h2-5,11-12,27H,6-10,23H2,1H3,(H,24,28). The average Bonchev–Trinajstić information content (AvgIpc) is 2.73. The first-order valence-electron chi connectivity index (χ1n) is 9.42. The number of nitrogens with two attached hydrogens (primary N) is 1. The number of carbonyl (C=O) groups excluding carboxylic acids is 1. The van der Waals surface area contributed by atoms with Gasteiger partial charge in [-0.3, -0.25) is 14.6 Å². The third-order valence-electron chi connectivity index (χ3n) is 4.63. The number of halogens is 1. The Kier molecular flexibility index (Phi) is 6.76. The number of methoxy groups -OCH3 is 1. The number of nitrogens with zero attached hydrogens (tertiary/aromatic N) is 2. The van der Waals surface area contributed by atoms with Gasteiger partial charge >= 0.3 is 0 Å². The van der Waals surface area contributed by atoms with E-state index in [1.54, 1.807) is 24.4 Å². The SMILES string of the molecule is COCCNC(=O)c1c(O)c2ncc(Cc3ccc(F)cc3)cc2n(CCN)c1=O. The van der Waals surface area contributed by atoms with Crippen molar-refractivity contribution in [2.45, 2.75) is 13.0 Å².